The summed E-state index contributed by atoms with van der Waals surface area (Å²) in [6, 6.07) is 14.2. The summed E-state index contributed by atoms with van der Waals surface area (Å²) in [5.74, 6) is 0.971. The number of aromatic nitrogens is 1. The zero-order chi connectivity index (χ0) is 13.9. The average Bonchev–Trinajstić information content (AvgIpc) is 2.95. The molecule has 3 nitrogen and oxygen atoms in total. The van der Waals surface area contributed by atoms with Gasteiger partial charge in [-0.25, -0.2) is 0 Å². The first kappa shape index (κ1) is 12.9. The summed E-state index contributed by atoms with van der Waals surface area (Å²) in [4.78, 5) is 4.67. The summed E-state index contributed by atoms with van der Waals surface area (Å²) in [5, 5.41) is 1.15. The molecule has 0 radical (unpaired) electrons. The number of rotatable bonds is 4. The Morgan fingerprint density at radius 1 is 1.15 bits per heavy atom. The highest BCUT2D eigenvalue weighted by Gasteiger charge is 2.14. The van der Waals surface area contributed by atoms with Crippen LogP contribution in [0.1, 0.15) is 30.0 Å². The molecule has 3 rings (SSSR count). The van der Waals surface area contributed by atoms with Crippen LogP contribution in [0.4, 0.5) is 0 Å². The Bertz CT molecular complexity index is 718. The molecule has 1 atom stereocenters. The van der Waals surface area contributed by atoms with Crippen LogP contribution >= 0.6 is 0 Å². The summed E-state index contributed by atoms with van der Waals surface area (Å²) >= 11 is 0. The molecule has 0 aliphatic rings. The number of hydrogen-bond acceptors (Lipinski definition) is 3. The zero-order valence-electron chi connectivity index (χ0n) is 11.5. The van der Waals surface area contributed by atoms with E-state index in [1.807, 2.05) is 30.3 Å². The Morgan fingerprint density at radius 3 is 2.85 bits per heavy atom. The van der Waals surface area contributed by atoms with Crippen LogP contribution in [0.25, 0.3) is 10.9 Å². The molecule has 0 amide bonds. The molecule has 0 saturated heterocycles. The van der Waals surface area contributed by atoms with Gasteiger partial charge in [-0.3, -0.25) is 4.98 Å². The Hall–Kier alpha value is -2.13. The van der Waals surface area contributed by atoms with Crippen LogP contribution in [0.5, 0.6) is 0 Å². The molecule has 1 unspecified atom stereocenters. The minimum Gasteiger partial charge on any atom is -0.469 e. The van der Waals surface area contributed by atoms with Crippen LogP contribution in [0.15, 0.2) is 53.1 Å². The quantitative estimate of drug-likeness (QED) is 0.784. The van der Waals surface area contributed by atoms with Crippen LogP contribution in [0, 0.1) is 0 Å². The van der Waals surface area contributed by atoms with Crippen molar-refractivity contribution in [2.75, 3.05) is 0 Å². The van der Waals surface area contributed by atoms with E-state index in [0.717, 1.165) is 40.8 Å². The Labute approximate surface area is 118 Å². The molecule has 2 aromatic heterocycles. The number of nitrogens with two attached hydrogens (primary N) is 1. The van der Waals surface area contributed by atoms with E-state index in [4.69, 9.17) is 10.2 Å². The van der Waals surface area contributed by atoms with Crippen LogP contribution in [0.3, 0.4) is 0 Å². The van der Waals surface area contributed by atoms with E-state index in [-0.39, 0.29) is 6.04 Å². The molecule has 0 aliphatic carbocycles. The second kappa shape index (κ2) is 5.47. The van der Waals surface area contributed by atoms with Crippen molar-refractivity contribution in [3.63, 3.8) is 0 Å². The van der Waals surface area contributed by atoms with E-state index in [0.29, 0.717) is 0 Å². The summed E-state index contributed by atoms with van der Waals surface area (Å²) in [6.07, 6.45) is 3.29. The lowest BCUT2D eigenvalue weighted by molar-refractivity contribution is 0.505. The van der Waals surface area contributed by atoms with Crippen molar-refractivity contribution in [3.8, 4) is 0 Å². The molecule has 0 aliphatic heterocycles. The van der Waals surface area contributed by atoms with Crippen LogP contribution in [0.2, 0.25) is 0 Å². The molecule has 3 aromatic rings. The van der Waals surface area contributed by atoms with Crippen molar-refractivity contribution in [2.45, 2.75) is 25.8 Å². The van der Waals surface area contributed by atoms with E-state index in [1.54, 1.807) is 6.26 Å². The molecule has 3 heteroatoms. The molecule has 20 heavy (non-hydrogen) atoms. The lowest BCUT2D eigenvalue weighted by atomic mass is 10.0. The van der Waals surface area contributed by atoms with Crippen molar-refractivity contribution in [1.82, 2.24) is 4.98 Å². The molecule has 2 heterocycles. The van der Waals surface area contributed by atoms with Crippen LogP contribution in [-0.2, 0) is 12.8 Å². The molecular weight excluding hydrogens is 248 g/mol. The minimum absolute atomic E-state index is 0.0719. The number of fused-ring (bicyclic) bond motifs is 1. The summed E-state index contributed by atoms with van der Waals surface area (Å²) in [7, 11) is 0. The van der Waals surface area contributed by atoms with E-state index in [2.05, 4.69) is 24.0 Å². The van der Waals surface area contributed by atoms with Crippen molar-refractivity contribution < 1.29 is 4.42 Å². The van der Waals surface area contributed by atoms with Gasteiger partial charge in [-0.15, -0.1) is 0 Å². The average molecular weight is 266 g/mol. The third kappa shape index (κ3) is 2.45. The monoisotopic (exact) mass is 266 g/mol. The highest BCUT2D eigenvalue weighted by Crippen LogP contribution is 2.22. The summed E-state index contributed by atoms with van der Waals surface area (Å²) < 4.78 is 5.44. The lowest BCUT2D eigenvalue weighted by Crippen LogP contribution is -2.14. The van der Waals surface area contributed by atoms with Crippen molar-refractivity contribution in [1.29, 1.82) is 0 Å². The number of hydrogen-bond donors (Lipinski definition) is 1. The molecule has 0 bridgehead atoms. The topological polar surface area (TPSA) is 52.0 Å². The zero-order valence-corrected chi connectivity index (χ0v) is 11.5. The lowest BCUT2D eigenvalue weighted by Gasteiger charge is -2.11. The van der Waals surface area contributed by atoms with Crippen molar-refractivity contribution in [3.05, 3.63) is 65.7 Å². The fourth-order valence-electron chi connectivity index (χ4n) is 2.53. The summed E-state index contributed by atoms with van der Waals surface area (Å²) in [5.41, 5.74) is 9.40. The van der Waals surface area contributed by atoms with Gasteiger partial charge in [0.15, 0.2) is 0 Å². The standard InChI is InChI=1S/C17H18N2O/c1-2-17-14(9-10-20-17)15(18)11-13-8-7-12-5-3-4-6-16(12)19-13/h3-10,15H,2,11,18H2,1H3. The van der Waals surface area contributed by atoms with Gasteiger partial charge in [-0.05, 0) is 18.2 Å². The van der Waals surface area contributed by atoms with Gasteiger partial charge >= 0.3 is 0 Å². The SMILES string of the molecule is CCc1occc1C(N)Cc1ccc2ccccc2n1. The fourth-order valence-corrected chi connectivity index (χ4v) is 2.53. The number of benzene rings is 1. The molecule has 102 valence electrons. The Kier molecular flexibility index (Phi) is 3.52. The van der Waals surface area contributed by atoms with Gasteiger partial charge in [0.25, 0.3) is 0 Å². The predicted octanol–water partition coefficient (Wildman–Crippen LogP) is 3.63. The second-order valence-electron chi connectivity index (χ2n) is 4.96. The third-order valence-corrected chi connectivity index (χ3v) is 3.59. The maximum Gasteiger partial charge on any atom is 0.108 e. The van der Waals surface area contributed by atoms with E-state index in [9.17, 15) is 0 Å². The number of aryl methyl sites for hydroxylation is 1. The Balaban J connectivity index is 1.85. The summed E-state index contributed by atoms with van der Waals surface area (Å²) in [6.45, 7) is 2.07. The Morgan fingerprint density at radius 2 is 2.00 bits per heavy atom. The smallest absolute Gasteiger partial charge is 0.108 e. The van der Waals surface area contributed by atoms with Crippen LogP contribution < -0.4 is 5.73 Å². The molecule has 0 fully saturated rings. The van der Waals surface area contributed by atoms with Gasteiger partial charge in [0, 0.05) is 35.5 Å². The first-order valence-electron chi connectivity index (χ1n) is 6.94. The second-order valence-corrected chi connectivity index (χ2v) is 4.96. The van der Waals surface area contributed by atoms with E-state index >= 15 is 0 Å². The maximum absolute atomic E-state index is 6.29. The molecule has 0 spiro atoms. The molecule has 2 N–H and O–H groups in total. The van der Waals surface area contributed by atoms with Gasteiger partial charge in [0.05, 0.1) is 11.8 Å². The van der Waals surface area contributed by atoms with Gasteiger partial charge in [0.2, 0.25) is 0 Å². The maximum atomic E-state index is 6.29. The molecular formula is C17H18N2O. The largest absolute Gasteiger partial charge is 0.469 e. The third-order valence-electron chi connectivity index (χ3n) is 3.59. The highest BCUT2D eigenvalue weighted by atomic mass is 16.3. The van der Waals surface area contributed by atoms with Crippen molar-refractivity contribution >= 4 is 10.9 Å². The van der Waals surface area contributed by atoms with Gasteiger partial charge in [-0.1, -0.05) is 31.2 Å². The van der Waals surface area contributed by atoms with Gasteiger partial charge in [-0.2, -0.15) is 0 Å². The fraction of sp³-hybridized carbons (Fsp3) is 0.235. The number of pyridine rings is 1. The highest BCUT2D eigenvalue weighted by molar-refractivity contribution is 5.78. The predicted molar refractivity (Wildman–Crippen MR) is 80.5 cm³/mol. The number of furan rings is 1. The van der Waals surface area contributed by atoms with Crippen molar-refractivity contribution in [2.24, 2.45) is 5.73 Å². The van der Waals surface area contributed by atoms with Gasteiger partial charge < -0.3 is 10.2 Å². The van der Waals surface area contributed by atoms with Gasteiger partial charge in [0.1, 0.15) is 5.76 Å². The number of nitrogens with zero attached hydrogens (tertiary/aromatic N) is 1. The first-order chi connectivity index (χ1) is 9.78. The molecule has 0 saturated carbocycles. The number of para-hydroxylation sites is 1. The first-order valence-corrected chi connectivity index (χ1v) is 6.94. The van der Waals surface area contributed by atoms with E-state index in [1.165, 1.54) is 0 Å². The van der Waals surface area contributed by atoms with Crippen LogP contribution in [-0.4, -0.2) is 4.98 Å². The minimum atomic E-state index is -0.0719. The van der Waals surface area contributed by atoms with E-state index < -0.39 is 0 Å². The normalized spacial score (nSPS) is 12.7. The molecule has 1 aromatic carbocycles.